The van der Waals surface area contributed by atoms with Crippen molar-refractivity contribution < 1.29 is 23.9 Å². The Hall–Kier alpha value is -3.35. The number of hydrogen-bond acceptors (Lipinski definition) is 5. The minimum absolute atomic E-state index is 0.0306. The largest absolute Gasteiger partial charge is 0.475 e. The summed E-state index contributed by atoms with van der Waals surface area (Å²) in [6.45, 7) is 5.28. The number of nitrogens with one attached hydrogen (secondary N) is 1. The number of carbonyl (C=O) groups excluding carboxylic acids is 3. The van der Waals surface area contributed by atoms with E-state index in [4.69, 9.17) is 9.47 Å². The van der Waals surface area contributed by atoms with Crippen molar-refractivity contribution in [2.75, 3.05) is 11.4 Å². The summed E-state index contributed by atoms with van der Waals surface area (Å²) in [4.78, 5) is 38.2. The van der Waals surface area contributed by atoms with E-state index in [9.17, 15) is 14.4 Å². The maximum Gasteiger partial charge on any atom is 0.350 e. The molecule has 0 aliphatic carbocycles. The second-order valence-electron chi connectivity index (χ2n) is 6.99. The molecule has 2 amide bonds. The van der Waals surface area contributed by atoms with E-state index in [-0.39, 0.29) is 12.5 Å². The first-order valence-corrected chi connectivity index (χ1v) is 9.42. The number of anilines is 1. The number of aryl methyl sites for hydroxylation is 1. The molecular formula is C22H24N2O5. The molecule has 1 N–H and O–H groups in total. The molecule has 7 heteroatoms. The van der Waals surface area contributed by atoms with Crippen LogP contribution in [0.4, 0.5) is 5.69 Å². The quantitative estimate of drug-likeness (QED) is 0.785. The maximum absolute atomic E-state index is 12.5. The fourth-order valence-corrected chi connectivity index (χ4v) is 3.00. The molecule has 0 saturated carbocycles. The Balaban J connectivity index is 1.58. The average molecular weight is 396 g/mol. The van der Waals surface area contributed by atoms with E-state index in [2.05, 4.69) is 5.32 Å². The summed E-state index contributed by atoms with van der Waals surface area (Å²) in [5.41, 5.74) is 2.69. The number of carbonyl (C=O) groups is 3. The van der Waals surface area contributed by atoms with Gasteiger partial charge in [0.1, 0.15) is 5.75 Å². The van der Waals surface area contributed by atoms with Gasteiger partial charge in [-0.05, 0) is 31.5 Å². The molecule has 0 fully saturated rings. The Kier molecular flexibility index (Phi) is 6.16. The van der Waals surface area contributed by atoms with E-state index >= 15 is 0 Å². The lowest BCUT2D eigenvalue weighted by Gasteiger charge is -2.33. The van der Waals surface area contributed by atoms with Gasteiger partial charge in [0.15, 0.2) is 6.10 Å². The van der Waals surface area contributed by atoms with E-state index in [1.165, 1.54) is 18.7 Å². The number of benzene rings is 2. The number of esters is 1. The van der Waals surface area contributed by atoms with Gasteiger partial charge in [0, 0.05) is 13.5 Å². The van der Waals surface area contributed by atoms with Gasteiger partial charge >= 0.3 is 5.97 Å². The molecule has 2 aromatic carbocycles. The third-order valence-corrected chi connectivity index (χ3v) is 4.67. The third kappa shape index (κ3) is 4.93. The number of nitrogens with zero attached hydrogens (tertiary/aromatic N) is 1. The zero-order valence-corrected chi connectivity index (χ0v) is 16.7. The minimum atomic E-state index is -0.999. The standard InChI is InChI=1S/C22H24N2O5/c1-14-8-10-17(11-9-14)12-23-21(26)15(2)28-22(27)20-13-24(16(3)25)18-6-4-5-7-19(18)29-20/h4-11,15,20H,12-13H2,1-3H3,(H,23,26)/t15-,20-/m0/s1. The zero-order chi connectivity index (χ0) is 21.0. The molecule has 7 nitrogen and oxygen atoms in total. The molecule has 1 aliphatic heterocycles. The monoisotopic (exact) mass is 396 g/mol. The molecule has 0 radical (unpaired) electrons. The van der Waals surface area contributed by atoms with Crippen molar-refractivity contribution in [2.45, 2.75) is 39.5 Å². The molecule has 0 aromatic heterocycles. The summed E-state index contributed by atoms with van der Waals surface area (Å²) < 4.78 is 11.0. The van der Waals surface area contributed by atoms with Crippen LogP contribution in [-0.2, 0) is 25.7 Å². The van der Waals surface area contributed by atoms with Gasteiger partial charge in [0.2, 0.25) is 12.0 Å². The van der Waals surface area contributed by atoms with E-state index in [1.54, 1.807) is 24.3 Å². The van der Waals surface area contributed by atoms with E-state index in [0.717, 1.165) is 11.1 Å². The van der Waals surface area contributed by atoms with Gasteiger partial charge in [-0.15, -0.1) is 0 Å². The topological polar surface area (TPSA) is 84.9 Å². The summed E-state index contributed by atoms with van der Waals surface area (Å²) in [5.74, 6) is -0.878. The van der Waals surface area contributed by atoms with Crippen molar-refractivity contribution in [3.63, 3.8) is 0 Å². The van der Waals surface area contributed by atoms with Crippen molar-refractivity contribution in [3.8, 4) is 5.75 Å². The molecule has 0 saturated heterocycles. The van der Waals surface area contributed by atoms with Crippen LogP contribution in [0.15, 0.2) is 48.5 Å². The van der Waals surface area contributed by atoms with Gasteiger partial charge in [0.25, 0.3) is 5.91 Å². The molecule has 1 heterocycles. The van der Waals surface area contributed by atoms with Crippen molar-refractivity contribution in [1.82, 2.24) is 5.32 Å². The zero-order valence-electron chi connectivity index (χ0n) is 16.7. The van der Waals surface area contributed by atoms with Gasteiger partial charge in [-0.2, -0.15) is 0 Å². The normalized spacial score (nSPS) is 16.2. The minimum Gasteiger partial charge on any atom is -0.475 e. The molecule has 2 aromatic rings. The Labute approximate surface area is 169 Å². The molecule has 0 bridgehead atoms. The van der Waals surface area contributed by atoms with Crippen LogP contribution in [0.3, 0.4) is 0 Å². The van der Waals surface area contributed by atoms with Crippen LogP contribution in [0.1, 0.15) is 25.0 Å². The van der Waals surface area contributed by atoms with Crippen molar-refractivity contribution >= 4 is 23.5 Å². The van der Waals surface area contributed by atoms with Crippen LogP contribution in [0.5, 0.6) is 5.75 Å². The van der Waals surface area contributed by atoms with Gasteiger partial charge in [-0.1, -0.05) is 42.0 Å². The van der Waals surface area contributed by atoms with Crippen molar-refractivity contribution in [1.29, 1.82) is 0 Å². The maximum atomic E-state index is 12.5. The van der Waals surface area contributed by atoms with Gasteiger partial charge in [0.05, 0.1) is 12.2 Å². The summed E-state index contributed by atoms with van der Waals surface area (Å²) in [6.07, 6.45) is -1.99. The Bertz CT molecular complexity index is 910. The summed E-state index contributed by atoms with van der Waals surface area (Å²) in [7, 11) is 0. The highest BCUT2D eigenvalue weighted by Gasteiger charge is 2.35. The fraction of sp³-hybridized carbons (Fsp3) is 0.318. The third-order valence-electron chi connectivity index (χ3n) is 4.67. The van der Waals surface area contributed by atoms with Crippen LogP contribution >= 0.6 is 0 Å². The van der Waals surface area contributed by atoms with Gasteiger partial charge in [-0.3, -0.25) is 9.59 Å². The Morgan fingerprint density at radius 2 is 1.86 bits per heavy atom. The summed E-state index contributed by atoms with van der Waals surface area (Å²) in [5, 5.41) is 2.75. The van der Waals surface area contributed by atoms with Gasteiger partial charge < -0.3 is 19.7 Å². The average Bonchev–Trinajstić information content (AvgIpc) is 2.72. The highest BCUT2D eigenvalue weighted by atomic mass is 16.6. The lowest BCUT2D eigenvalue weighted by atomic mass is 10.1. The second kappa shape index (κ2) is 8.77. The summed E-state index contributed by atoms with van der Waals surface area (Å²) in [6, 6.07) is 14.8. The van der Waals surface area contributed by atoms with Crippen LogP contribution in [0.25, 0.3) is 0 Å². The Morgan fingerprint density at radius 1 is 1.17 bits per heavy atom. The number of ether oxygens (including phenoxy) is 2. The molecule has 0 spiro atoms. The molecule has 0 unspecified atom stereocenters. The number of fused-ring (bicyclic) bond motifs is 1. The van der Waals surface area contributed by atoms with Crippen LogP contribution in [-0.4, -0.2) is 36.5 Å². The number of rotatable bonds is 5. The van der Waals surface area contributed by atoms with Crippen molar-refractivity contribution in [2.24, 2.45) is 0 Å². The molecular weight excluding hydrogens is 372 g/mol. The fourth-order valence-electron chi connectivity index (χ4n) is 3.00. The number of para-hydroxylation sites is 2. The predicted octanol–water partition coefficient (Wildman–Crippen LogP) is 2.36. The molecule has 152 valence electrons. The highest BCUT2D eigenvalue weighted by molar-refractivity contribution is 5.95. The molecule has 3 rings (SSSR count). The summed E-state index contributed by atoms with van der Waals surface area (Å²) >= 11 is 0. The lowest BCUT2D eigenvalue weighted by Crippen LogP contribution is -2.48. The van der Waals surface area contributed by atoms with Crippen LogP contribution in [0.2, 0.25) is 0 Å². The first-order valence-electron chi connectivity index (χ1n) is 9.42. The number of amides is 2. The van der Waals surface area contributed by atoms with Crippen LogP contribution in [0, 0.1) is 6.92 Å². The predicted molar refractivity (Wildman–Crippen MR) is 107 cm³/mol. The smallest absolute Gasteiger partial charge is 0.350 e. The van der Waals surface area contributed by atoms with Crippen molar-refractivity contribution in [3.05, 3.63) is 59.7 Å². The van der Waals surface area contributed by atoms with Crippen LogP contribution < -0.4 is 15.0 Å². The second-order valence-corrected chi connectivity index (χ2v) is 6.99. The number of hydrogen-bond donors (Lipinski definition) is 1. The highest BCUT2D eigenvalue weighted by Crippen LogP contribution is 2.33. The molecule has 2 atom stereocenters. The Morgan fingerprint density at radius 3 is 2.55 bits per heavy atom. The molecule has 29 heavy (non-hydrogen) atoms. The van der Waals surface area contributed by atoms with Gasteiger partial charge in [-0.25, -0.2) is 4.79 Å². The van der Waals surface area contributed by atoms with E-state index in [0.29, 0.717) is 18.0 Å². The SMILES string of the molecule is CC(=O)N1C[C@@H](C(=O)O[C@@H](C)C(=O)NCc2ccc(C)cc2)Oc2ccccc21. The molecule has 1 aliphatic rings. The first-order chi connectivity index (χ1) is 13.8. The van der Waals surface area contributed by atoms with E-state index < -0.39 is 24.1 Å². The first kappa shape index (κ1) is 20.4. The lowest BCUT2D eigenvalue weighted by molar-refractivity contribution is -0.161. The van der Waals surface area contributed by atoms with E-state index in [1.807, 2.05) is 31.2 Å².